The van der Waals surface area contributed by atoms with Crippen LogP contribution < -0.4 is 10.5 Å². The zero-order chi connectivity index (χ0) is 11.7. The molecule has 0 bridgehead atoms. The van der Waals surface area contributed by atoms with Crippen molar-refractivity contribution in [1.82, 2.24) is 4.98 Å². The minimum atomic E-state index is 0.633. The van der Waals surface area contributed by atoms with Crippen molar-refractivity contribution in [2.45, 2.75) is 0 Å². The maximum absolute atomic E-state index is 5.74. The number of nitrogens with zero attached hydrogens (tertiary/aromatic N) is 1. The molecule has 0 saturated heterocycles. The standard InChI is InChI=1S/C13H10N2OS/c14-9-1-3-10(4-2-9)16-13-11-6-8-17-12(11)5-7-15-13/h1-8H,14H2. The first-order valence-corrected chi connectivity index (χ1v) is 6.06. The number of thiophene rings is 1. The molecule has 0 radical (unpaired) electrons. The molecular weight excluding hydrogens is 232 g/mol. The van der Waals surface area contributed by atoms with Gasteiger partial charge in [-0.15, -0.1) is 11.3 Å². The van der Waals surface area contributed by atoms with Crippen molar-refractivity contribution in [1.29, 1.82) is 0 Å². The Labute approximate surface area is 102 Å². The molecule has 3 nitrogen and oxygen atoms in total. The number of hydrogen-bond donors (Lipinski definition) is 1. The van der Waals surface area contributed by atoms with Crippen molar-refractivity contribution in [3.63, 3.8) is 0 Å². The number of pyridine rings is 1. The van der Waals surface area contributed by atoms with E-state index in [4.69, 9.17) is 10.5 Å². The summed E-state index contributed by atoms with van der Waals surface area (Å²) in [7, 11) is 0. The molecule has 2 N–H and O–H groups in total. The highest BCUT2D eigenvalue weighted by atomic mass is 32.1. The molecule has 2 aromatic heterocycles. The van der Waals surface area contributed by atoms with Gasteiger partial charge in [-0.2, -0.15) is 0 Å². The highest BCUT2D eigenvalue weighted by Gasteiger charge is 2.05. The number of benzene rings is 1. The molecule has 0 saturated carbocycles. The SMILES string of the molecule is Nc1ccc(Oc2nccc3sccc23)cc1. The summed E-state index contributed by atoms with van der Waals surface area (Å²) in [5, 5.41) is 3.07. The Morgan fingerprint density at radius 1 is 1.06 bits per heavy atom. The van der Waals surface area contributed by atoms with Crippen LogP contribution in [-0.4, -0.2) is 4.98 Å². The van der Waals surface area contributed by atoms with E-state index in [1.165, 1.54) is 4.70 Å². The van der Waals surface area contributed by atoms with E-state index in [-0.39, 0.29) is 0 Å². The Hall–Kier alpha value is -2.07. The number of nitrogen functional groups attached to an aromatic ring is 1. The maximum Gasteiger partial charge on any atom is 0.227 e. The minimum absolute atomic E-state index is 0.633. The molecule has 0 amide bonds. The summed E-state index contributed by atoms with van der Waals surface area (Å²) < 4.78 is 6.92. The van der Waals surface area contributed by atoms with Gasteiger partial charge in [-0.05, 0) is 41.8 Å². The molecule has 4 heteroatoms. The van der Waals surface area contributed by atoms with E-state index in [9.17, 15) is 0 Å². The molecule has 0 aliphatic heterocycles. The van der Waals surface area contributed by atoms with Crippen LogP contribution in [0.3, 0.4) is 0 Å². The first-order chi connectivity index (χ1) is 8.33. The molecule has 0 atom stereocenters. The van der Waals surface area contributed by atoms with E-state index in [1.807, 2.05) is 41.8 Å². The molecule has 1 aromatic carbocycles. The summed E-state index contributed by atoms with van der Waals surface area (Å²) in [6.45, 7) is 0. The molecular formula is C13H10N2OS. The van der Waals surface area contributed by atoms with Crippen LogP contribution in [0.25, 0.3) is 10.1 Å². The molecule has 84 valence electrons. The van der Waals surface area contributed by atoms with Gasteiger partial charge in [-0.3, -0.25) is 0 Å². The van der Waals surface area contributed by atoms with Crippen LogP contribution in [0.2, 0.25) is 0 Å². The van der Waals surface area contributed by atoms with E-state index in [0.717, 1.165) is 16.8 Å². The Kier molecular flexibility index (Phi) is 2.42. The van der Waals surface area contributed by atoms with E-state index in [0.29, 0.717) is 5.88 Å². The van der Waals surface area contributed by atoms with Gasteiger partial charge in [-0.25, -0.2) is 4.98 Å². The molecule has 0 unspecified atom stereocenters. The Morgan fingerprint density at radius 2 is 1.88 bits per heavy atom. The smallest absolute Gasteiger partial charge is 0.227 e. The van der Waals surface area contributed by atoms with Gasteiger partial charge < -0.3 is 10.5 Å². The lowest BCUT2D eigenvalue weighted by atomic mass is 10.3. The van der Waals surface area contributed by atoms with E-state index < -0.39 is 0 Å². The monoisotopic (exact) mass is 242 g/mol. The minimum Gasteiger partial charge on any atom is -0.438 e. The lowest BCUT2D eigenvalue weighted by Gasteiger charge is -2.05. The molecule has 17 heavy (non-hydrogen) atoms. The van der Waals surface area contributed by atoms with Crippen molar-refractivity contribution < 1.29 is 4.74 Å². The van der Waals surface area contributed by atoms with Crippen molar-refractivity contribution in [2.75, 3.05) is 5.73 Å². The quantitative estimate of drug-likeness (QED) is 0.697. The first kappa shape index (κ1) is 10.1. The number of hydrogen-bond acceptors (Lipinski definition) is 4. The zero-order valence-electron chi connectivity index (χ0n) is 8.96. The van der Waals surface area contributed by atoms with Crippen molar-refractivity contribution in [2.24, 2.45) is 0 Å². The summed E-state index contributed by atoms with van der Waals surface area (Å²) in [6.07, 6.45) is 1.76. The largest absolute Gasteiger partial charge is 0.438 e. The fraction of sp³-hybridized carbons (Fsp3) is 0. The lowest BCUT2D eigenvalue weighted by molar-refractivity contribution is 0.469. The lowest BCUT2D eigenvalue weighted by Crippen LogP contribution is -1.89. The van der Waals surface area contributed by atoms with Crippen molar-refractivity contribution >= 4 is 27.1 Å². The third-order valence-electron chi connectivity index (χ3n) is 2.44. The second-order valence-electron chi connectivity index (χ2n) is 3.62. The van der Waals surface area contributed by atoms with Crippen LogP contribution in [-0.2, 0) is 0 Å². The van der Waals surface area contributed by atoms with Crippen LogP contribution in [0.4, 0.5) is 5.69 Å². The van der Waals surface area contributed by atoms with E-state index >= 15 is 0 Å². The van der Waals surface area contributed by atoms with Gasteiger partial charge in [0, 0.05) is 16.6 Å². The predicted octanol–water partition coefficient (Wildman–Crippen LogP) is 3.67. The van der Waals surface area contributed by atoms with Crippen LogP contribution in [0.5, 0.6) is 11.6 Å². The van der Waals surface area contributed by atoms with E-state index in [2.05, 4.69) is 4.98 Å². The zero-order valence-corrected chi connectivity index (χ0v) is 9.78. The highest BCUT2D eigenvalue weighted by Crippen LogP contribution is 2.30. The summed E-state index contributed by atoms with van der Waals surface area (Å²) in [6, 6.07) is 11.3. The predicted molar refractivity (Wildman–Crippen MR) is 70.5 cm³/mol. The third-order valence-corrected chi connectivity index (χ3v) is 3.32. The molecule has 3 aromatic rings. The molecule has 3 rings (SSSR count). The normalized spacial score (nSPS) is 10.6. The number of ether oxygens (including phenoxy) is 1. The molecule has 0 aliphatic carbocycles. The number of nitrogens with two attached hydrogens (primary N) is 1. The molecule has 0 fully saturated rings. The fourth-order valence-corrected chi connectivity index (χ4v) is 2.37. The van der Waals surface area contributed by atoms with Gasteiger partial charge in [0.15, 0.2) is 0 Å². The summed E-state index contributed by atoms with van der Waals surface area (Å²) in [4.78, 5) is 4.25. The summed E-state index contributed by atoms with van der Waals surface area (Å²) in [5.74, 6) is 1.37. The highest BCUT2D eigenvalue weighted by molar-refractivity contribution is 7.17. The van der Waals surface area contributed by atoms with Gasteiger partial charge in [0.2, 0.25) is 5.88 Å². The van der Waals surface area contributed by atoms with Crippen molar-refractivity contribution in [3.8, 4) is 11.6 Å². The number of anilines is 1. The fourth-order valence-electron chi connectivity index (χ4n) is 1.60. The van der Waals surface area contributed by atoms with Gasteiger partial charge in [0.05, 0.1) is 5.39 Å². The van der Waals surface area contributed by atoms with Crippen LogP contribution in [0, 0.1) is 0 Å². The Bertz CT molecular complexity index is 646. The molecule has 0 spiro atoms. The average molecular weight is 242 g/mol. The van der Waals surface area contributed by atoms with Crippen LogP contribution in [0.1, 0.15) is 0 Å². The third kappa shape index (κ3) is 1.94. The van der Waals surface area contributed by atoms with Gasteiger partial charge >= 0.3 is 0 Å². The summed E-state index contributed by atoms with van der Waals surface area (Å²) >= 11 is 1.67. The number of fused-ring (bicyclic) bond motifs is 1. The van der Waals surface area contributed by atoms with Crippen molar-refractivity contribution in [3.05, 3.63) is 48.0 Å². The average Bonchev–Trinajstić information content (AvgIpc) is 2.81. The van der Waals surface area contributed by atoms with Gasteiger partial charge in [-0.1, -0.05) is 0 Å². The van der Waals surface area contributed by atoms with E-state index in [1.54, 1.807) is 17.5 Å². The van der Waals surface area contributed by atoms with Gasteiger partial charge in [0.1, 0.15) is 5.75 Å². The first-order valence-electron chi connectivity index (χ1n) is 5.18. The second kappa shape index (κ2) is 4.07. The second-order valence-corrected chi connectivity index (χ2v) is 4.57. The summed E-state index contributed by atoms with van der Waals surface area (Å²) in [5.41, 5.74) is 6.35. The Balaban J connectivity index is 1.99. The molecule has 0 aliphatic rings. The van der Waals surface area contributed by atoms with Crippen LogP contribution >= 0.6 is 11.3 Å². The number of rotatable bonds is 2. The maximum atomic E-state index is 5.74. The number of aromatic nitrogens is 1. The van der Waals surface area contributed by atoms with Gasteiger partial charge in [0.25, 0.3) is 0 Å². The Morgan fingerprint density at radius 3 is 2.71 bits per heavy atom. The molecule has 2 heterocycles. The van der Waals surface area contributed by atoms with Crippen LogP contribution in [0.15, 0.2) is 48.0 Å². The topological polar surface area (TPSA) is 48.1 Å².